The number of hydrogen-bond acceptors (Lipinski definition) is 4. The third kappa shape index (κ3) is 9.98. The number of halogens is 1. The highest BCUT2D eigenvalue weighted by Gasteiger charge is 2.03. The molecule has 0 bridgehead atoms. The molecular weight excluding hydrogens is 334 g/mol. The monoisotopic (exact) mass is 359 g/mol. The molecule has 0 saturated heterocycles. The van der Waals surface area contributed by atoms with Crippen molar-refractivity contribution in [2.45, 2.75) is 32.4 Å². The number of ether oxygens (including phenoxy) is 2. The Morgan fingerprint density at radius 1 is 1.14 bits per heavy atom. The number of rotatable bonds is 12. The Kier molecular flexibility index (Phi) is 10.7. The predicted octanol–water partition coefficient (Wildman–Crippen LogP) is 2.73. The van der Waals surface area contributed by atoms with Gasteiger partial charge < -0.3 is 19.9 Å². The second-order valence-corrected chi connectivity index (χ2v) is 5.87. The van der Waals surface area contributed by atoms with Crippen molar-refractivity contribution in [2.75, 3.05) is 33.0 Å². The average molecular weight is 360 g/mol. The highest BCUT2D eigenvalue weighted by Crippen LogP contribution is 2.10. The molecule has 5 heteroatoms. The summed E-state index contributed by atoms with van der Waals surface area (Å²) in [6.45, 7) is 5.66. The standard InChI is InChI=1S/C16H26BrNO3/c1-2-3-8-20-9-10-21-13-16(19)12-18-11-14-4-6-15(17)7-5-14/h4-7,16,18-19H,2-3,8-13H2,1H3. The number of hydrogen-bond donors (Lipinski definition) is 2. The van der Waals surface area contributed by atoms with Crippen LogP contribution in [0.25, 0.3) is 0 Å². The van der Waals surface area contributed by atoms with E-state index in [-0.39, 0.29) is 0 Å². The van der Waals surface area contributed by atoms with Gasteiger partial charge in [-0.2, -0.15) is 0 Å². The Bertz CT molecular complexity index is 359. The molecule has 0 amide bonds. The van der Waals surface area contributed by atoms with Gasteiger partial charge in [-0.05, 0) is 24.1 Å². The minimum atomic E-state index is -0.490. The van der Waals surface area contributed by atoms with E-state index in [1.807, 2.05) is 24.3 Å². The topological polar surface area (TPSA) is 50.7 Å². The second kappa shape index (κ2) is 12.1. The molecule has 21 heavy (non-hydrogen) atoms. The molecule has 0 radical (unpaired) electrons. The van der Waals surface area contributed by atoms with Crippen molar-refractivity contribution in [2.24, 2.45) is 0 Å². The van der Waals surface area contributed by atoms with Crippen molar-refractivity contribution in [1.29, 1.82) is 0 Å². The maximum absolute atomic E-state index is 9.78. The van der Waals surface area contributed by atoms with Gasteiger partial charge in [0, 0.05) is 24.2 Å². The van der Waals surface area contributed by atoms with E-state index < -0.39 is 6.10 Å². The largest absolute Gasteiger partial charge is 0.389 e. The molecule has 4 nitrogen and oxygen atoms in total. The van der Waals surface area contributed by atoms with Gasteiger partial charge in [-0.15, -0.1) is 0 Å². The van der Waals surface area contributed by atoms with E-state index in [4.69, 9.17) is 9.47 Å². The van der Waals surface area contributed by atoms with Gasteiger partial charge in [0.05, 0.1) is 25.9 Å². The zero-order valence-corrected chi connectivity index (χ0v) is 14.3. The van der Waals surface area contributed by atoms with Crippen LogP contribution in [0.4, 0.5) is 0 Å². The molecule has 0 heterocycles. The van der Waals surface area contributed by atoms with E-state index in [1.54, 1.807) is 0 Å². The van der Waals surface area contributed by atoms with Gasteiger partial charge in [-0.1, -0.05) is 41.4 Å². The van der Waals surface area contributed by atoms with Crippen LogP contribution in [0, 0.1) is 0 Å². The molecule has 2 N–H and O–H groups in total. The molecule has 1 unspecified atom stereocenters. The average Bonchev–Trinajstić information content (AvgIpc) is 2.48. The van der Waals surface area contributed by atoms with Gasteiger partial charge in [0.2, 0.25) is 0 Å². The van der Waals surface area contributed by atoms with Crippen LogP contribution < -0.4 is 5.32 Å². The normalized spacial score (nSPS) is 12.5. The highest BCUT2D eigenvalue weighted by atomic mass is 79.9. The lowest BCUT2D eigenvalue weighted by Crippen LogP contribution is -2.30. The maximum atomic E-state index is 9.78. The molecule has 0 aliphatic carbocycles. The van der Waals surface area contributed by atoms with E-state index in [9.17, 15) is 5.11 Å². The zero-order chi connectivity index (χ0) is 15.3. The summed E-state index contributed by atoms with van der Waals surface area (Å²) in [5.74, 6) is 0. The van der Waals surface area contributed by atoms with Crippen molar-refractivity contribution in [3.63, 3.8) is 0 Å². The van der Waals surface area contributed by atoms with E-state index in [2.05, 4.69) is 28.2 Å². The predicted molar refractivity (Wildman–Crippen MR) is 88.4 cm³/mol. The van der Waals surface area contributed by atoms with Gasteiger partial charge in [0.1, 0.15) is 0 Å². The summed E-state index contributed by atoms with van der Waals surface area (Å²) >= 11 is 3.40. The highest BCUT2D eigenvalue weighted by molar-refractivity contribution is 9.10. The molecule has 1 aromatic carbocycles. The van der Waals surface area contributed by atoms with Crippen LogP contribution in [0.15, 0.2) is 28.7 Å². The third-order valence-corrected chi connectivity index (χ3v) is 3.48. The van der Waals surface area contributed by atoms with Crippen LogP contribution in [0.2, 0.25) is 0 Å². The molecule has 1 rings (SSSR count). The molecule has 0 aliphatic rings. The first-order valence-corrected chi connectivity index (χ1v) is 8.30. The number of aliphatic hydroxyl groups is 1. The molecule has 120 valence electrons. The fourth-order valence-electron chi connectivity index (χ4n) is 1.73. The van der Waals surface area contributed by atoms with Crippen LogP contribution in [0.5, 0.6) is 0 Å². The first kappa shape index (κ1) is 18.6. The fraction of sp³-hybridized carbons (Fsp3) is 0.625. The van der Waals surface area contributed by atoms with E-state index in [0.29, 0.717) is 26.4 Å². The molecule has 1 atom stereocenters. The first-order chi connectivity index (χ1) is 10.2. The van der Waals surface area contributed by atoms with Crippen molar-refractivity contribution in [1.82, 2.24) is 5.32 Å². The van der Waals surface area contributed by atoms with Crippen LogP contribution in [-0.4, -0.2) is 44.2 Å². The smallest absolute Gasteiger partial charge is 0.0897 e. The molecule has 0 fully saturated rings. The van der Waals surface area contributed by atoms with Crippen LogP contribution >= 0.6 is 15.9 Å². The lowest BCUT2D eigenvalue weighted by atomic mass is 10.2. The minimum absolute atomic E-state index is 0.338. The maximum Gasteiger partial charge on any atom is 0.0897 e. The molecule has 0 aromatic heterocycles. The Balaban J connectivity index is 1.96. The fourth-order valence-corrected chi connectivity index (χ4v) is 1.99. The summed E-state index contributed by atoms with van der Waals surface area (Å²) in [6.07, 6.45) is 1.74. The van der Waals surface area contributed by atoms with Gasteiger partial charge in [-0.3, -0.25) is 0 Å². The molecule has 0 saturated carbocycles. The lowest BCUT2D eigenvalue weighted by Gasteiger charge is -2.12. The molecule has 0 aliphatic heterocycles. The Morgan fingerprint density at radius 3 is 2.57 bits per heavy atom. The van der Waals surface area contributed by atoms with Gasteiger partial charge in [0.15, 0.2) is 0 Å². The van der Waals surface area contributed by atoms with Crippen molar-refractivity contribution in [3.8, 4) is 0 Å². The summed E-state index contributed by atoms with van der Waals surface area (Å²) in [4.78, 5) is 0. The quantitative estimate of drug-likeness (QED) is 0.563. The minimum Gasteiger partial charge on any atom is -0.389 e. The zero-order valence-electron chi connectivity index (χ0n) is 12.7. The molecule has 0 spiro atoms. The number of benzene rings is 1. The SMILES string of the molecule is CCCCOCCOCC(O)CNCc1ccc(Br)cc1. The van der Waals surface area contributed by atoms with E-state index in [0.717, 1.165) is 30.5 Å². The second-order valence-electron chi connectivity index (χ2n) is 4.95. The van der Waals surface area contributed by atoms with E-state index in [1.165, 1.54) is 5.56 Å². The first-order valence-electron chi connectivity index (χ1n) is 7.51. The Morgan fingerprint density at radius 2 is 1.86 bits per heavy atom. The summed E-state index contributed by atoms with van der Waals surface area (Å²) in [5.41, 5.74) is 1.19. The van der Waals surface area contributed by atoms with Gasteiger partial charge in [0.25, 0.3) is 0 Å². The lowest BCUT2D eigenvalue weighted by molar-refractivity contribution is 0.00385. The Hall–Kier alpha value is -0.460. The van der Waals surface area contributed by atoms with Crippen LogP contribution in [-0.2, 0) is 16.0 Å². The van der Waals surface area contributed by atoms with Crippen molar-refractivity contribution in [3.05, 3.63) is 34.3 Å². The summed E-state index contributed by atoms with van der Waals surface area (Å²) < 4.78 is 11.8. The number of unbranched alkanes of at least 4 members (excludes halogenated alkanes) is 1. The molecular formula is C16H26BrNO3. The summed E-state index contributed by atoms with van der Waals surface area (Å²) in [5, 5.41) is 13.0. The third-order valence-electron chi connectivity index (χ3n) is 2.95. The Labute approximate surface area is 136 Å². The van der Waals surface area contributed by atoms with Crippen LogP contribution in [0.3, 0.4) is 0 Å². The number of nitrogens with one attached hydrogen (secondary N) is 1. The van der Waals surface area contributed by atoms with Crippen molar-refractivity contribution >= 4 is 15.9 Å². The molecule has 1 aromatic rings. The van der Waals surface area contributed by atoms with Gasteiger partial charge >= 0.3 is 0 Å². The van der Waals surface area contributed by atoms with E-state index >= 15 is 0 Å². The number of aliphatic hydroxyl groups excluding tert-OH is 1. The van der Waals surface area contributed by atoms with Gasteiger partial charge in [-0.25, -0.2) is 0 Å². The summed E-state index contributed by atoms with van der Waals surface area (Å²) in [6, 6.07) is 8.12. The van der Waals surface area contributed by atoms with Crippen molar-refractivity contribution < 1.29 is 14.6 Å². The summed E-state index contributed by atoms with van der Waals surface area (Å²) in [7, 11) is 0. The van der Waals surface area contributed by atoms with Crippen LogP contribution in [0.1, 0.15) is 25.3 Å².